The first-order chi connectivity index (χ1) is 5.20. The molecular formula is C10H15N. The van der Waals surface area contributed by atoms with Gasteiger partial charge in [0.05, 0.1) is 0 Å². The van der Waals surface area contributed by atoms with Crippen molar-refractivity contribution in [1.82, 2.24) is 0 Å². The van der Waals surface area contributed by atoms with Crippen LogP contribution in [-0.2, 0) is 0 Å². The van der Waals surface area contributed by atoms with E-state index >= 15 is 0 Å². The first-order valence-electron chi connectivity index (χ1n) is 3.58. The van der Waals surface area contributed by atoms with Gasteiger partial charge in [0.25, 0.3) is 0 Å². The van der Waals surface area contributed by atoms with Gasteiger partial charge in [-0.25, -0.2) is 0 Å². The van der Waals surface area contributed by atoms with E-state index in [0.717, 1.165) is 12.0 Å². The highest BCUT2D eigenvalue weighted by Gasteiger charge is 1.89. The molecule has 0 aliphatic carbocycles. The minimum Gasteiger partial charge on any atom is -0.402 e. The number of nitrogens with two attached hydrogens (primary N) is 1. The minimum atomic E-state index is 0.687. The Morgan fingerprint density at radius 1 is 1.55 bits per heavy atom. The van der Waals surface area contributed by atoms with Crippen molar-refractivity contribution in [2.24, 2.45) is 5.73 Å². The maximum absolute atomic E-state index is 5.45. The van der Waals surface area contributed by atoms with Crippen LogP contribution in [0.25, 0.3) is 0 Å². The zero-order chi connectivity index (χ0) is 8.69. The monoisotopic (exact) mass is 149 g/mol. The van der Waals surface area contributed by atoms with Crippen molar-refractivity contribution in [2.75, 3.05) is 0 Å². The zero-order valence-electron chi connectivity index (χ0n) is 7.01. The van der Waals surface area contributed by atoms with Gasteiger partial charge >= 0.3 is 0 Å². The Bertz CT molecular complexity index is 197. The molecule has 0 radical (unpaired) electrons. The SMILES string of the molecule is C=C/C=C\C(=C/C)CC(=C)N. The van der Waals surface area contributed by atoms with Crippen molar-refractivity contribution in [3.63, 3.8) is 0 Å². The Kier molecular flexibility index (Phi) is 4.91. The van der Waals surface area contributed by atoms with E-state index in [2.05, 4.69) is 13.2 Å². The highest BCUT2D eigenvalue weighted by molar-refractivity contribution is 5.24. The van der Waals surface area contributed by atoms with Crippen LogP contribution in [0.1, 0.15) is 13.3 Å². The summed E-state index contributed by atoms with van der Waals surface area (Å²) in [4.78, 5) is 0. The van der Waals surface area contributed by atoms with E-state index in [9.17, 15) is 0 Å². The molecule has 0 fully saturated rings. The molecule has 2 N–H and O–H groups in total. The number of hydrogen-bond acceptors (Lipinski definition) is 1. The summed E-state index contributed by atoms with van der Waals surface area (Å²) in [6.07, 6.45) is 8.35. The highest BCUT2D eigenvalue weighted by atomic mass is 14.6. The maximum atomic E-state index is 5.45. The van der Waals surface area contributed by atoms with Gasteiger partial charge in [-0.3, -0.25) is 0 Å². The van der Waals surface area contributed by atoms with Crippen LogP contribution in [0.3, 0.4) is 0 Å². The summed E-state index contributed by atoms with van der Waals surface area (Å²) >= 11 is 0. The van der Waals surface area contributed by atoms with E-state index in [4.69, 9.17) is 5.73 Å². The zero-order valence-corrected chi connectivity index (χ0v) is 7.01. The summed E-state index contributed by atoms with van der Waals surface area (Å²) in [6.45, 7) is 9.18. The first kappa shape index (κ1) is 9.76. The van der Waals surface area contributed by atoms with Crippen molar-refractivity contribution in [3.05, 3.63) is 48.7 Å². The third kappa shape index (κ3) is 5.22. The molecule has 0 saturated heterocycles. The van der Waals surface area contributed by atoms with Crippen molar-refractivity contribution in [1.29, 1.82) is 0 Å². The summed E-state index contributed by atoms with van der Waals surface area (Å²) in [5, 5.41) is 0. The fraction of sp³-hybridized carbons (Fsp3) is 0.200. The van der Waals surface area contributed by atoms with Crippen molar-refractivity contribution >= 4 is 0 Å². The summed E-state index contributed by atoms with van der Waals surface area (Å²) in [5.41, 5.74) is 7.30. The molecule has 0 bridgehead atoms. The van der Waals surface area contributed by atoms with Gasteiger partial charge in [-0.2, -0.15) is 0 Å². The molecule has 1 heteroatoms. The van der Waals surface area contributed by atoms with Crippen LogP contribution in [0, 0.1) is 0 Å². The lowest BCUT2D eigenvalue weighted by molar-refractivity contribution is 1.12. The van der Waals surface area contributed by atoms with Gasteiger partial charge in [-0.1, -0.05) is 37.5 Å². The predicted molar refractivity (Wildman–Crippen MR) is 51.0 cm³/mol. The van der Waals surface area contributed by atoms with E-state index in [1.54, 1.807) is 6.08 Å². The van der Waals surface area contributed by atoms with Gasteiger partial charge in [0, 0.05) is 12.1 Å². The normalized spacial score (nSPS) is 11.9. The Morgan fingerprint density at radius 2 is 2.18 bits per heavy atom. The lowest BCUT2D eigenvalue weighted by Gasteiger charge is -1.98. The number of rotatable bonds is 4. The first-order valence-corrected chi connectivity index (χ1v) is 3.58. The Hall–Kier alpha value is -1.24. The molecule has 0 atom stereocenters. The fourth-order valence-corrected chi connectivity index (χ4v) is 0.711. The average Bonchev–Trinajstić information content (AvgIpc) is 1.97. The Labute approximate surface area is 68.6 Å². The van der Waals surface area contributed by atoms with Crippen LogP contribution >= 0.6 is 0 Å². The van der Waals surface area contributed by atoms with Crippen LogP contribution in [0.15, 0.2) is 48.7 Å². The van der Waals surface area contributed by atoms with E-state index in [1.807, 2.05) is 25.2 Å². The molecule has 1 nitrogen and oxygen atoms in total. The summed E-state index contributed by atoms with van der Waals surface area (Å²) in [7, 11) is 0. The van der Waals surface area contributed by atoms with Crippen LogP contribution in [-0.4, -0.2) is 0 Å². The van der Waals surface area contributed by atoms with Gasteiger partial charge in [-0.15, -0.1) is 0 Å². The topological polar surface area (TPSA) is 26.0 Å². The molecule has 0 aliphatic rings. The van der Waals surface area contributed by atoms with Crippen LogP contribution in [0.4, 0.5) is 0 Å². The molecule has 60 valence electrons. The molecule has 0 rings (SSSR count). The molecule has 0 aliphatic heterocycles. The molecule has 0 unspecified atom stereocenters. The molecule has 0 heterocycles. The third-order valence-corrected chi connectivity index (χ3v) is 1.25. The summed E-state index contributed by atoms with van der Waals surface area (Å²) in [6, 6.07) is 0. The third-order valence-electron chi connectivity index (χ3n) is 1.25. The quantitative estimate of drug-likeness (QED) is 0.611. The van der Waals surface area contributed by atoms with E-state index < -0.39 is 0 Å². The number of hydrogen-bond donors (Lipinski definition) is 1. The molecule has 0 aromatic carbocycles. The van der Waals surface area contributed by atoms with E-state index in [0.29, 0.717) is 5.70 Å². The van der Waals surface area contributed by atoms with Gasteiger partial charge in [0.1, 0.15) is 0 Å². The molecule has 0 aromatic heterocycles. The summed E-state index contributed by atoms with van der Waals surface area (Å²) in [5.74, 6) is 0. The second-order valence-electron chi connectivity index (χ2n) is 2.29. The van der Waals surface area contributed by atoms with Crippen molar-refractivity contribution in [3.8, 4) is 0 Å². The molecular weight excluding hydrogens is 134 g/mol. The largest absolute Gasteiger partial charge is 0.402 e. The maximum Gasteiger partial charge on any atom is 0.0111 e. The van der Waals surface area contributed by atoms with Crippen molar-refractivity contribution in [2.45, 2.75) is 13.3 Å². The van der Waals surface area contributed by atoms with Gasteiger partial charge in [-0.05, 0) is 12.5 Å². The molecule has 11 heavy (non-hydrogen) atoms. The number of allylic oxidation sites excluding steroid dienone is 5. The Morgan fingerprint density at radius 3 is 2.55 bits per heavy atom. The lowest BCUT2D eigenvalue weighted by atomic mass is 10.1. The summed E-state index contributed by atoms with van der Waals surface area (Å²) < 4.78 is 0. The van der Waals surface area contributed by atoms with Gasteiger partial charge < -0.3 is 5.73 Å². The minimum absolute atomic E-state index is 0.687. The standard InChI is InChI=1S/C10H15N/c1-4-6-7-10(5-2)8-9(3)11/h4-7H,1,3,8,11H2,2H3/b7-6-,10-5+. The highest BCUT2D eigenvalue weighted by Crippen LogP contribution is 2.06. The molecule has 0 amide bonds. The van der Waals surface area contributed by atoms with Gasteiger partial charge in [0.2, 0.25) is 0 Å². The average molecular weight is 149 g/mol. The second-order valence-corrected chi connectivity index (χ2v) is 2.29. The smallest absolute Gasteiger partial charge is 0.0111 e. The van der Waals surface area contributed by atoms with E-state index in [-0.39, 0.29) is 0 Å². The van der Waals surface area contributed by atoms with Crippen LogP contribution in [0.5, 0.6) is 0 Å². The van der Waals surface area contributed by atoms with Crippen LogP contribution in [0.2, 0.25) is 0 Å². The molecule has 0 spiro atoms. The van der Waals surface area contributed by atoms with Crippen LogP contribution < -0.4 is 5.73 Å². The van der Waals surface area contributed by atoms with E-state index in [1.165, 1.54) is 0 Å². The second kappa shape index (κ2) is 5.54. The molecule has 0 saturated carbocycles. The predicted octanol–water partition coefficient (Wildman–Crippen LogP) is 2.54. The van der Waals surface area contributed by atoms with Gasteiger partial charge in [0.15, 0.2) is 0 Å². The Balaban J connectivity index is 4.08. The van der Waals surface area contributed by atoms with Crippen molar-refractivity contribution < 1.29 is 0 Å². The lowest BCUT2D eigenvalue weighted by Crippen LogP contribution is -1.94. The fourth-order valence-electron chi connectivity index (χ4n) is 0.711. The molecule has 0 aromatic rings.